The SMILES string of the molecule is COc1ccc(C(C)O)c(OCc2cccnc2C#N)c1. The van der Waals surface area contributed by atoms with Gasteiger partial charge in [-0.2, -0.15) is 5.26 Å². The maximum atomic E-state index is 9.78. The van der Waals surface area contributed by atoms with E-state index in [2.05, 4.69) is 4.98 Å². The van der Waals surface area contributed by atoms with Crippen LogP contribution in [0.2, 0.25) is 0 Å². The number of hydrogen-bond donors (Lipinski definition) is 1. The van der Waals surface area contributed by atoms with Crippen molar-refractivity contribution in [1.29, 1.82) is 5.26 Å². The summed E-state index contributed by atoms with van der Waals surface area (Å²) >= 11 is 0. The van der Waals surface area contributed by atoms with E-state index in [9.17, 15) is 5.11 Å². The number of ether oxygens (including phenoxy) is 2. The molecule has 0 aliphatic heterocycles. The highest BCUT2D eigenvalue weighted by atomic mass is 16.5. The number of pyridine rings is 1. The number of aliphatic hydroxyl groups excluding tert-OH is 1. The van der Waals surface area contributed by atoms with Crippen LogP contribution in [0.3, 0.4) is 0 Å². The molecule has 5 heteroatoms. The van der Waals surface area contributed by atoms with Crippen LogP contribution in [0.5, 0.6) is 11.5 Å². The fourth-order valence-electron chi connectivity index (χ4n) is 1.92. The normalized spacial score (nSPS) is 11.5. The number of benzene rings is 1. The van der Waals surface area contributed by atoms with Crippen molar-refractivity contribution in [3.8, 4) is 17.6 Å². The van der Waals surface area contributed by atoms with Crippen LogP contribution in [0, 0.1) is 11.3 Å². The summed E-state index contributed by atoms with van der Waals surface area (Å²) in [6.45, 7) is 1.86. The summed E-state index contributed by atoms with van der Waals surface area (Å²) in [4.78, 5) is 3.99. The fraction of sp³-hybridized carbons (Fsp3) is 0.250. The van der Waals surface area contributed by atoms with E-state index in [0.717, 1.165) is 0 Å². The number of methoxy groups -OCH3 is 1. The standard InChI is InChI=1S/C16H16N2O3/c1-11(19)14-6-5-13(20-2)8-16(14)21-10-12-4-3-7-18-15(12)9-17/h3-8,11,19H,10H2,1-2H3. The topological polar surface area (TPSA) is 75.4 Å². The van der Waals surface area contributed by atoms with Gasteiger partial charge in [0.25, 0.3) is 0 Å². The number of nitrogens with zero attached hydrogens (tertiary/aromatic N) is 2. The molecule has 1 N–H and O–H groups in total. The Morgan fingerprint density at radius 2 is 2.19 bits per heavy atom. The van der Waals surface area contributed by atoms with Crippen LogP contribution in [0.4, 0.5) is 0 Å². The van der Waals surface area contributed by atoms with Crippen molar-refractivity contribution in [3.63, 3.8) is 0 Å². The minimum Gasteiger partial charge on any atom is -0.497 e. The molecule has 0 bridgehead atoms. The first-order valence-electron chi connectivity index (χ1n) is 6.48. The van der Waals surface area contributed by atoms with Gasteiger partial charge in [-0.1, -0.05) is 6.07 Å². The second-order valence-corrected chi connectivity index (χ2v) is 4.49. The predicted molar refractivity (Wildman–Crippen MR) is 76.9 cm³/mol. The lowest BCUT2D eigenvalue weighted by atomic mass is 10.1. The fourth-order valence-corrected chi connectivity index (χ4v) is 1.92. The molecule has 1 atom stereocenters. The Labute approximate surface area is 123 Å². The maximum absolute atomic E-state index is 9.78. The Morgan fingerprint density at radius 3 is 2.86 bits per heavy atom. The highest BCUT2D eigenvalue weighted by Crippen LogP contribution is 2.30. The van der Waals surface area contributed by atoms with Crippen LogP contribution in [0.25, 0.3) is 0 Å². The molecule has 0 aliphatic carbocycles. The van der Waals surface area contributed by atoms with E-state index >= 15 is 0 Å². The first kappa shape index (κ1) is 14.8. The highest BCUT2D eigenvalue weighted by molar-refractivity contribution is 5.42. The number of nitriles is 1. The van der Waals surface area contributed by atoms with E-state index in [-0.39, 0.29) is 6.61 Å². The molecule has 5 nitrogen and oxygen atoms in total. The van der Waals surface area contributed by atoms with Crippen molar-refractivity contribution in [2.45, 2.75) is 19.6 Å². The molecule has 1 aromatic carbocycles. The first-order valence-corrected chi connectivity index (χ1v) is 6.48. The van der Waals surface area contributed by atoms with Crippen LogP contribution in [-0.4, -0.2) is 17.2 Å². The van der Waals surface area contributed by atoms with Crippen molar-refractivity contribution in [2.24, 2.45) is 0 Å². The molecular weight excluding hydrogens is 268 g/mol. The third-order valence-electron chi connectivity index (χ3n) is 3.05. The molecule has 0 aliphatic rings. The molecule has 2 rings (SSSR count). The van der Waals surface area contributed by atoms with Gasteiger partial charge in [-0.3, -0.25) is 0 Å². The molecule has 0 radical (unpaired) electrons. The van der Waals surface area contributed by atoms with Gasteiger partial charge in [-0.15, -0.1) is 0 Å². The van der Waals surface area contributed by atoms with Gasteiger partial charge in [0.2, 0.25) is 0 Å². The molecule has 21 heavy (non-hydrogen) atoms. The van der Waals surface area contributed by atoms with Gasteiger partial charge in [0.1, 0.15) is 29.9 Å². The van der Waals surface area contributed by atoms with Crippen LogP contribution < -0.4 is 9.47 Å². The molecular formula is C16H16N2O3. The summed E-state index contributed by atoms with van der Waals surface area (Å²) in [5.41, 5.74) is 1.69. The summed E-state index contributed by atoms with van der Waals surface area (Å²) in [7, 11) is 1.57. The Bertz CT molecular complexity index is 663. The molecule has 1 aromatic heterocycles. The van der Waals surface area contributed by atoms with E-state index in [1.165, 1.54) is 0 Å². The van der Waals surface area contributed by atoms with Gasteiger partial charge in [0.15, 0.2) is 0 Å². The lowest BCUT2D eigenvalue weighted by Gasteiger charge is -2.15. The van der Waals surface area contributed by atoms with E-state index in [1.54, 1.807) is 50.6 Å². The van der Waals surface area contributed by atoms with Gasteiger partial charge in [0.05, 0.1) is 13.2 Å². The molecule has 108 valence electrons. The average molecular weight is 284 g/mol. The second-order valence-electron chi connectivity index (χ2n) is 4.49. The van der Waals surface area contributed by atoms with Crippen LogP contribution in [0.1, 0.15) is 29.8 Å². The van der Waals surface area contributed by atoms with Crippen molar-refractivity contribution < 1.29 is 14.6 Å². The average Bonchev–Trinajstić information content (AvgIpc) is 2.52. The molecule has 0 amide bonds. The highest BCUT2D eigenvalue weighted by Gasteiger charge is 2.12. The van der Waals surface area contributed by atoms with Crippen LogP contribution in [0.15, 0.2) is 36.5 Å². The van der Waals surface area contributed by atoms with Gasteiger partial charge >= 0.3 is 0 Å². The van der Waals surface area contributed by atoms with Crippen LogP contribution in [-0.2, 0) is 6.61 Å². The number of aliphatic hydroxyl groups is 1. The van der Waals surface area contributed by atoms with Crippen molar-refractivity contribution in [2.75, 3.05) is 7.11 Å². The summed E-state index contributed by atoms with van der Waals surface area (Å²) < 4.78 is 10.9. The smallest absolute Gasteiger partial charge is 0.147 e. The number of aromatic nitrogens is 1. The molecule has 0 saturated carbocycles. The summed E-state index contributed by atoms with van der Waals surface area (Å²) in [5.74, 6) is 1.16. The van der Waals surface area contributed by atoms with E-state index < -0.39 is 6.10 Å². The van der Waals surface area contributed by atoms with Gasteiger partial charge in [0, 0.05) is 23.4 Å². The largest absolute Gasteiger partial charge is 0.497 e. The Morgan fingerprint density at radius 1 is 1.38 bits per heavy atom. The van der Waals surface area contributed by atoms with Crippen molar-refractivity contribution >= 4 is 0 Å². The molecule has 1 heterocycles. The quantitative estimate of drug-likeness (QED) is 0.913. The number of rotatable bonds is 5. The van der Waals surface area contributed by atoms with Gasteiger partial charge < -0.3 is 14.6 Å². The third-order valence-corrected chi connectivity index (χ3v) is 3.05. The Balaban J connectivity index is 2.25. The molecule has 0 spiro atoms. The lowest BCUT2D eigenvalue weighted by molar-refractivity contribution is 0.190. The summed E-state index contributed by atoms with van der Waals surface area (Å²) in [6.07, 6.45) is 0.907. The van der Waals surface area contributed by atoms with Gasteiger partial charge in [-0.05, 0) is 25.1 Å². The molecule has 0 fully saturated rings. The lowest BCUT2D eigenvalue weighted by Crippen LogP contribution is -2.03. The predicted octanol–water partition coefficient (Wildman–Crippen LogP) is 2.59. The van der Waals surface area contributed by atoms with E-state index in [0.29, 0.717) is 28.3 Å². The minimum atomic E-state index is -0.657. The number of hydrogen-bond acceptors (Lipinski definition) is 5. The molecule has 1 unspecified atom stereocenters. The summed E-state index contributed by atoms with van der Waals surface area (Å²) in [5, 5.41) is 18.8. The second kappa shape index (κ2) is 6.73. The molecule has 0 saturated heterocycles. The Hall–Kier alpha value is -2.58. The zero-order chi connectivity index (χ0) is 15.2. The maximum Gasteiger partial charge on any atom is 0.147 e. The first-order chi connectivity index (χ1) is 10.2. The van der Waals surface area contributed by atoms with Crippen LogP contribution >= 0.6 is 0 Å². The van der Waals surface area contributed by atoms with E-state index in [4.69, 9.17) is 14.7 Å². The Kier molecular flexibility index (Phi) is 4.75. The zero-order valence-corrected chi connectivity index (χ0v) is 11.9. The van der Waals surface area contributed by atoms with Crippen molar-refractivity contribution in [1.82, 2.24) is 4.98 Å². The van der Waals surface area contributed by atoms with Gasteiger partial charge in [-0.25, -0.2) is 4.98 Å². The zero-order valence-electron chi connectivity index (χ0n) is 11.9. The van der Waals surface area contributed by atoms with E-state index in [1.807, 2.05) is 6.07 Å². The minimum absolute atomic E-state index is 0.198. The van der Waals surface area contributed by atoms with Crippen molar-refractivity contribution in [3.05, 3.63) is 53.3 Å². The monoisotopic (exact) mass is 284 g/mol. The molecule has 2 aromatic rings. The third kappa shape index (κ3) is 3.50. The summed E-state index contributed by atoms with van der Waals surface area (Å²) in [6, 6.07) is 10.8.